The summed E-state index contributed by atoms with van der Waals surface area (Å²) in [5, 5.41) is 2.45. The standard InChI is InChI=1S/C15H15N3O2S/c1-9-2-4-10(5-3-9)11-8-21-13-12(11)14(19)18(7-6-16)15(20)17-13/h2-5,8H,6-7,16H2,1H3,(H,17,20). The van der Waals surface area contributed by atoms with E-state index in [0.29, 0.717) is 10.2 Å². The normalized spacial score (nSPS) is 11.1. The van der Waals surface area contributed by atoms with Crippen LogP contribution in [0.2, 0.25) is 0 Å². The average molecular weight is 301 g/mol. The third kappa shape index (κ3) is 2.32. The molecule has 0 aliphatic heterocycles. The average Bonchev–Trinajstić information content (AvgIpc) is 2.88. The van der Waals surface area contributed by atoms with E-state index >= 15 is 0 Å². The van der Waals surface area contributed by atoms with Gasteiger partial charge in [0.05, 0.1) is 5.39 Å². The maximum Gasteiger partial charge on any atom is 0.329 e. The Morgan fingerprint density at radius 3 is 2.62 bits per heavy atom. The molecule has 0 saturated carbocycles. The van der Waals surface area contributed by atoms with Crippen molar-refractivity contribution in [2.75, 3.05) is 6.54 Å². The highest BCUT2D eigenvalue weighted by Gasteiger charge is 2.14. The van der Waals surface area contributed by atoms with Crippen molar-refractivity contribution in [3.8, 4) is 11.1 Å². The Kier molecular flexibility index (Phi) is 3.48. The summed E-state index contributed by atoms with van der Waals surface area (Å²) in [6, 6.07) is 7.97. The van der Waals surface area contributed by atoms with Crippen LogP contribution in [-0.2, 0) is 6.54 Å². The van der Waals surface area contributed by atoms with Crippen LogP contribution < -0.4 is 17.0 Å². The number of aromatic nitrogens is 2. The van der Waals surface area contributed by atoms with Gasteiger partial charge in [0.1, 0.15) is 4.83 Å². The molecule has 0 saturated heterocycles. The summed E-state index contributed by atoms with van der Waals surface area (Å²) < 4.78 is 1.16. The van der Waals surface area contributed by atoms with Gasteiger partial charge in [0.25, 0.3) is 5.56 Å². The Labute approximate surface area is 124 Å². The fraction of sp³-hybridized carbons (Fsp3) is 0.200. The van der Waals surface area contributed by atoms with Crippen LogP contribution in [0, 0.1) is 6.92 Å². The summed E-state index contributed by atoms with van der Waals surface area (Å²) in [6.45, 7) is 2.48. The second-order valence-electron chi connectivity index (χ2n) is 4.90. The summed E-state index contributed by atoms with van der Waals surface area (Å²) in [5.41, 5.74) is 7.76. The fourth-order valence-corrected chi connectivity index (χ4v) is 3.28. The van der Waals surface area contributed by atoms with Crippen molar-refractivity contribution in [1.29, 1.82) is 0 Å². The molecule has 0 bridgehead atoms. The number of benzene rings is 1. The molecule has 21 heavy (non-hydrogen) atoms. The predicted octanol–water partition coefficient (Wildman–Crippen LogP) is 1.69. The molecule has 108 valence electrons. The SMILES string of the molecule is Cc1ccc(-c2csc3[nH]c(=O)n(CCN)c(=O)c23)cc1. The number of thiophene rings is 1. The van der Waals surface area contributed by atoms with Gasteiger partial charge in [-0.2, -0.15) is 0 Å². The van der Waals surface area contributed by atoms with E-state index in [2.05, 4.69) is 4.98 Å². The van der Waals surface area contributed by atoms with Gasteiger partial charge in [0.2, 0.25) is 0 Å². The third-order valence-corrected chi connectivity index (χ3v) is 4.33. The first-order chi connectivity index (χ1) is 10.1. The van der Waals surface area contributed by atoms with Crippen LogP contribution in [0.5, 0.6) is 0 Å². The quantitative estimate of drug-likeness (QED) is 0.772. The van der Waals surface area contributed by atoms with Crippen LogP contribution in [-0.4, -0.2) is 16.1 Å². The van der Waals surface area contributed by atoms with Gasteiger partial charge in [-0.25, -0.2) is 4.79 Å². The number of nitrogens with zero attached hydrogens (tertiary/aromatic N) is 1. The predicted molar refractivity (Wildman–Crippen MR) is 85.9 cm³/mol. The zero-order valence-corrected chi connectivity index (χ0v) is 12.4. The zero-order chi connectivity index (χ0) is 15.0. The van der Waals surface area contributed by atoms with Crippen molar-refractivity contribution in [1.82, 2.24) is 9.55 Å². The lowest BCUT2D eigenvalue weighted by Crippen LogP contribution is -2.36. The van der Waals surface area contributed by atoms with E-state index in [9.17, 15) is 9.59 Å². The number of fused-ring (bicyclic) bond motifs is 1. The van der Waals surface area contributed by atoms with Crippen molar-refractivity contribution >= 4 is 21.6 Å². The topological polar surface area (TPSA) is 80.9 Å². The van der Waals surface area contributed by atoms with Crippen LogP contribution in [0.3, 0.4) is 0 Å². The first-order valence-corrected chi connectivity index (χ1v) is 7.51. The summed E-state index contributed by atoms with van der Waals surface area (Å²) in [7, 11) is 0. The Morgan fingerprint density at radius 1 is 1.24 bits per heavy atom. The van der Waals surface area contributed by atoms with Gasteiger partial charge in [-0.15, -0.1) is 11.3 Å². The number of hydrogen-bond acceptors (Lipinski definition) is 4. The molecule has 5 nitrogen and oxygen atoms in total. The summed E-state index contributed by atoms with van der Waals surface area (Å²) >= 11 is 1.37. The van der Waals surface area contributed by atoms with Crippen LogP contribution in [0.15, 0.2) is 39.2 Å². The van der Waals surface area contributed by atoms with E-state index in [1.807, 2.05) is 36.6 Å². The molecule has 0 radical (unpaired) electrons. The van der Waals surface area contributed by atoms with Crippen LogP contribution in [0.25, 0.3) is 21.3 Å². The molecule has 0 atom stereocenters. The summed E-state index contributed by atoms with van der Waals surface area (Å²) in [6.07, 6.45) is 0. The molecule has 0 unspecified atom stereocenters. The first kappa shape index (κ1) is 13.8. The van der Waals surface area contributed by atoms with Crippen LogP contribution in [0.1, 0.15) is 5.56 Å². The zero-order valence-electron chi connectivity index (χ0n) is 11.6. The Hall–Kier alpha value is -2.18. The maximum absolute atomic E-state index is 12.6. The van der Waals surface area contributed by atoms with Gasteiger partial charge >= 0.3 is 5.69 Å². The molecule has 6 heteroatoms. The van der Waals surface area contributed by atoms with E-state index in [-0.39, 0.29) is 18.6 Å². The molecule has 1 aromatic carbocycles. The molecule has 0 aliphatic carbocycles. The number of aryl methyl sites for hydroxylation is 1. The van der Waals surface area contributed by atoms with Crippen molar-refractivity contribution in [3.05, 3.63) is 56.0 Å². The van der Waals surface area contributed by atoms with Gasteiger partial charge in [-0.05, 0) is 12.5 Å². The molecule has 3 N–H and O–H groups in total. The van der Waals surface area contributed by atoms with E-state index in [1.54, 1.807) is 0 Å². The van der Waals surface area contributed by atoms with E-state index in [0.717, 1.165) is 21.3 Å². The number of rotatable bonds is 3. The van der Waals surface area contributed by atoms with Gasteiger partial charge < -0.3 is 5.73 Å². The maximum atomic E-state index is 12.6. The number of nitrogens with two attached hydrogens (primary N) is 1. The largest absolute Gasteiger partial charge is 0.329 e. The van der Waals surface area contributed by atoms with E-state index < -0.39 is 5.69 Å². The molecule has 0 spiro atoms. The number of hydrogen-bond donors (Lipinski definition) is 2. The Morgan fingerprint density at radius 2 is 1.95 bits per heavy atom. The van der Waals surface area contributed by atoms with Crippen molar-refractivity contribution < 1.29 is 0 Å². The lowest BCUT2D eigenvalue weighted by atomic mass is 10.1. The fourth-order valence-electron chi connectivity index (χ4n) is 2.33. The lowest BCUT2D eigenvalue weighted by Gasteiger charge is -2.04. The smallest absolute Gasteiger partial charge is 0.329 e. The van der Waals surface area contributed by atoms with Gasteiger partial charge in [0.15, 0.2) is 0 Å². The summed E-state index contributed by atoms with van der Waals surface area (Å²) in [5.74, 6) is 0. The highest BCUT2D eigenvalue weighted by Crippen LogP contribution is 2.30. The minimum absolute atomic E-state index is 0.216. The Balaban J connectivity index is 2.30. The van der Waals surface area contributed by atoms with E-state index in [4.69, 9.17) is 5.73 Å². The second-order valence-corrected chi connectivity index (χ2v) is 5.77. The number of aromatic amines is 1. The summed E-state index contributed by atoms with van der Waals surface area (Å²) in [4.78, 5) is 27.8. The number of nitrogens with one attached hydrogen (secondary N) is 1. The van der Waals surface area contributed by atoms with E-state index in [1.165, 1.54) is 11.3 Å². The van der Waals surface area contributed by atoms with Crippen molar-refractivity contribution in [2.45, 2.75) is 13.5 Å². The lowest BCUT2D eigenvalue weighted by molar-refractivity contribution is 0.647. The molecule has 0 aliphatic rings. The monoisotopic (exact) mass is 301 g/mol. The minimum atomic E-state index is -0.407. The molecule has 0 amide bonds. The molecule has 2 heterocycles. The minimum Gasteiger partial charge on any atom is -0.329 e. The molecular formula is C15H15N3O2S. The molecule has 0 fully saturated rings. The molecule has 3 rings (SSSR count). The second kappa shape index (κ2) is 5.31. The molecule has 2 aromatic heterocycles. The molecular weight excluding hydrogens is 286 g/mol. The van der Waals surface area contributed by atoms with Gasteiger partial charge in [-0.3, -0.25) is 14.3 Å². The molecule has 3 aromatic rings. The van der Waals surface area contributed by atoms with Crippen molar-refractivity contribution in [3.63, 3.8) is 0 Å². The van der Waals surface area contributed by atoms with Gasteiger partial charge in [-0.1, -0.05) is 29.8 Å². The Bertz CT molecular complexity index is 903. The first-order valence-electron chi connectivity index (χ1n) is 6.63. The van der Waals surface area contributed by atoms with Crippen molar-refractivity contribution in [2.24, 2.45) is 5.73 Å². The van der Waals surface area contributed by atoms with Crippen LogP contribution >= 0.6 is 11.3 Å². The number of H-pyrrole nitrogens is 1. The highest BCUT2D eigenvalue weighted by molar-refractivity contribution is 7.17. The highest BCUT2D eigenvalue weighted by atomic mass is 32.1. The van der Waals surface area contributed by atoms with Crippen LogP contribution in [0.4, 0.5) is 0 Å². The van der Waals surface area contributed by atoms with Gasteiger partial charge in [0, 0.05) is 24.0 Å². The third-order valence-electron chi connectivity index (χ3n) is 3.43.